The van der Waals surface area contributed by atoms with Crippen LogP contribution in [0, 0.1) is 0 Å². The van der Waals surface area contributed by atoms with Gasteiger partial charge in [-0.05, 0) is 63.8 Å². The molecule has 0 unspecified atom stereocenters. The zero-order valence-corrected chi connectivity index (χ0v) is 18.3. The van der Waals surface area contributed by atoms with Crippen LogP contribution in [0.2, 0.25) is 0 Å². The van der Waals surface area contributed by atoms with E-state index in [0.717, 1.165) is 37.2 Å². The Morgan fingerprint density at radius 2 is 2.13 bits per heavy atom. The lowest BCUT2D eigenvalue weighted by atomic mass is 10.1. The molecule has 2 aliphatic rings. The van der Waals surface area contributed by atoms with Crippen molar-refractivity contribution < 1.29 is 14.3 Å². The summed E-state index contributed by atoms with van der Waals surface area (Å²) in [7, 11) is 0. The SMILES string of the molecule is C/C(=N\c1cncnc1N1CCc2cc(OC(C)C)ccc21)C(=O)NC1CCOCC1. The number of nitrogens with one attached hydrogen (secondary N) is 1. The fourth-order valence-electron chi connectivity index (χ4n) is 3.91. The molecule has 4 rings (SSSR count). The highest BCUT2D eigenvalue weighted by molar-refractivity contribution is 6.38. The highest BCUT2D eigenvalue weighted by Gasteiger charge is 2.25. The van der Waals surface area contributed by atoms with Gasteiger partial charge in [-0.2, -0.15) is 0 Å². The van der Waals surface area contributed by atoms with Gasteiger partial charge < -0.3 is 19.7 Å². The Morgan fingerprint density at radius 1 is 1.32 bits per heavy atom. The van der Waals surface area contributed by atoms with Crippen LogP contribution in [0.1, 0.15) is 39.2 Å². The van der Waals surface area contributed by atoms with Crippen LogP contribution in [0.15, 0.2) is 35.7 Å². The largest absolute Gasteiger partial charge is 0.491 e. The van der Waals surface area contributed by atoms with Gasteiger partial charge in [0, 0.05) is 31.5 Å². The van der Waals surface area contributed by atoms with Crippen LogP contribution in [0.4, 0.5) is 17.2 Å². The van der Waals surface area contributed by atoms with E-state index in [4.69, 9.17) is 9.47 Å². The van der Waals surface area contributed by atoms with Crippen LogP contribution in [-0.2, 0) is 16.0 Å². The summed E-state index contributed by atoms with van der Waals surface area (Å²) in [6.07, 6.45) is 5.84. The van der Waals surface area contributed by atoms with E-state index in [-0.39, 0.29) is 18.1 Å². The highest BCUT2D eigenvalue weighted by Crippen LogP contribution is 2.39. The average Bonchev–Trinajstić information content (AvgIpc) is 3.17. The van der Waals surface area contributed by atoms with E-state index in [1.807, 2.05) is 19.9 Å². The van der Waals surface area contributed by atoms with Crippen molar-refractivity contribution in [1.82, 2.24) is 15.3 Å². The van der Waals surface area contributed by atoms with Crippen molar-refractivity contribution >= 4 is 28.8 Å². The van der Waals surface area contributed by atoms with Crippen LogP contribution in [-0.4, -0.2) is 53.5 Å². The Bertz CT molecular complexity index is 969. The van der Waals surface area contributed by atoms with Gasteiger partial charge >= 0.3 is 0 Å². The first kappa shape index (κ1) is 21.2. The number of aliphatic imine (C=N–C) groups is 1. The summed E-state index contributed by atoms with van der Waals surface area (Å²) in [6.45, 7) is 7.90. The van der Waals surface area contributed by atoms with Gasteiger partial charge in [-0.1, -0.05) is 0 Å². The van der Waals surface area contributed by atoms with E-state index in [1.165, 1.54) is 11.9 Å². The van der Waals surface area contributed by atoms with E-state index in [1.54, 1.807) is 13.1 Å². The van der Waals surface area contributed by atoms with E-state index in [0.29, 0.717) is 30.4 Å². The Morgan fingerprint density at radius 3 is 2.90 bits per heavy atom. The number of nitrogens with zero attached hydrogens (tertiary/aromatic N) is 4. The summed E-state index contributed by atoms with van der Waals surface area (Å²) in [4.78, 5) is 27.9. The summed E-state index contributed by atoms with van der Waals surface area (Å²) >= 11 is 0. The van der Waals surface area contributed by atoms with Gasteiger partial charge in [0.15, 0.2) is 5.82 Å². The maximum absolute atomic E-state index is 12.6. The number of benzene rings is 1. The molecule has 8 nitrogen and oxygen atoms in total. The van der Waals surface area contributed by atoms with Gasteiger partial charge in [-0.15, -0.1) is 0 Å². The molecular formula is C23H29N5O3. The molecule has 0 spiro atoms. The minimum atomic E-state index is -0.168. The van der Waals surface area contributed by atoms with Crippen LogP contribution in [0.5, 0.6) is 5.75 Å². The molecular weight excluding hydrogens is 394 g/mol. The van der Waals surface area contributed by atoms with Crippen molar-refractivity contribution in [2.24, 2.45) is 4.99 Å². The maximum atomic E-state index is 12.6. The number of rotatable bonds is 6. The van der Waals surface area contributed by atoms with Crippen molar-refractivity contribution in [2.45, 2.75) is 52.2 Å². The number of carbonyl (C=O) groups excluding carboxylic acids is 1. The second-order valence-corrected chi connectivity index (χ2v) is 8.15. The third-order valence-electron chi connectivity index (χ3n) is 5.42. The van der Waals surface area contributed by atoms with Gasteiger partial charge in [0.05, 0.1) is 12.3 Å². The minimum absolute atomic E-state index is 0.130. The van der Waals surface area contributed by atoms with E-state index in [2.05, 4.69) is 37.3 Å². The predicted octanol–water partition coefficient (Wildman–Crippen LogP) is 3.35. The average molecular weight is 424 g/mol. The lowest BCUT2D eigenvalue weighted by molar-refractivity contribution is -0.116. The number of anilines is 2. The number of amides is 1. The van der Waals surface area contributed by atoms with Crippen molar-refractivity contribution in [1.29, 1.82) is 0 Å². The molecule has 0 aliphatic carbocycles. The summed E-state index contributed by atoms with van der Waals surface area (Å²) < 4.78 is 11.2. The molecule has 2 aromatic rings. The number of aromatic nitrogens is 2. The summed E-state index contributed by atoms with van der Waals surface area (Å²) in [5.41, 5.74) is 3.26. The number of carbonyl (C=O) groups is 1. The summed E-state index contributed by atoms with van der Waals surface area (Å²) in [5.74, 6) is 1.40. The number of hydrogen-bond donors (Lipinski definition) is 1. The fourth-order valence-corrected chi connectivity index (χ4v) is 3.91. The first-order valence-corrected chi connectivity index (χ1v) is 10.8. The standard InChI is InChI=1S/C23H29N5O3/c1-15(2)31-19-4-5-21-17(12-19)6-9-28(21)22-20(13-24-14-25-22)26-16(3)23(29)27-18-7-10-30-11-8-18/h4-5,12-15,18H,6-11H2,1-3H3,(H,27,29)/b26-16+. The van der Waals surface area contributed by atoms with Gasteiger partial charge in [-0.25, -0.2) is 15.0 Å². The molecule has 1 fully saturated rings. The number of ether oxygens (including phenoxy) is 2. The topological polar surface area (TPSA) is 88.9 Å². The highest BCUT2D eigenvalue weighted by atomic mass is 16.5. The second kappa shape index (κ2) is 9.43. The Balaban J connectivity index is 1.54. The van der Waals surface area contributed by atoms with Crippen molar-refractivity contribution in [2.75, 3.05) is 24.7 Å². The van der Waals surface area contributed by atoms with Crippen LogP contribution < -0.4 is 15.0 Å². The zero-order valence-electron chi connectivity index (χ0n) is 18.3. The summed E-state index contributed by atoms with van der Waals surface area (Å²) in [5, 5.41) is 3.05. The molecule has 1 saturated heterocycles. The molecule has 1 N–H and O–H groups in total. The predicted molar refractivity (Wildman–Crippen MR) is 120 cm³/mol. The smallest absolute Gasteiger partial charge is 0.265 e. The molecule has 0 atom stereocenters. The van der Waals surface area contributed by atoms with Gasteiger partial charge in [0.2, 0.25) is 0 Å². The molecule has 164 valence electrons. The monoisotopic (exact) mass is 423 g/mol. The molecule has 0 saturated carbocycles. The molecule has 3 heterocycles. The molecule has 8 heteroatoms. The van der Waals surface area contributed by atoms with Crippen LogP contribution in [0.25, 0.3) is 0 Å². The first-order valence-electron chi connectivity index (χ1n) is 10.8. The molecule has 1 aromatic carbocycles. The van der Waals surface area contributed by atoms with Gasteiger partial charge in [0.25, 0.3) is 5.91 Å². The van der Waals surface area contributed by atoms with Crippen LogP contribution in [0.3, 0.4) is 0 Å². The Labute approximate surface area is 182 Å². The third-order valence-corrected chi connectivity index (χ3v) is 5.42. The van der Waals surface area contributed by atoms with E-state index < -0.39 is 0 Å². The quantitative estimate of drug-likeness (QED) is 0.717. The zero-order chi connectivity index (χ0) is 21.8. The van der Waals surface area contributed by atoms with E-state index >= 15 is 0 Å². The van der Waals surface area contributed by atoms with E-state index in [9.17, 15) is 4.79 Å². The summed E-state index contributed by atoms with van der Waals surface area (Å²) in [6, 6.07) is 6.26. The van der Waals surface area contributed by atoms with Crippen molar-refractivity contribution in [3.8, 4) is 5.75 Å². The normalized spacial score (nSPS) is 17.0. The fraction of sp³-hybridized carbons (Fsp3) is 0.478. The minimum Gasteiger partial charge on any atom is -0.491 e. The van der Waals surface area contributed by atoms with Crippen molar-refractivity contribution in [3.05, 3.63) is 36.3 Å². The lowest BCUT2D eigenvalue weighted by Crippen LogP contribution is -2.41. The molecule has 2 aliphatic heterocycles. The molecule has 1 amide bonds. The van der Waals surface area contributed by atoms with Crippen molar-refractivity contribution in [3.63, 3.8) is 0 Å². The maximum Gasteiger partial charge on any atom is 0.265 e. The van der Waals surface area contributed by atoms with Gasteiger partial charge in [-0.3, -0.25) is 4.79 Å². The van der Waals surface area contributed by atoms with Crippen LogP contribution >= 0.6 is 0 Å². The molecule has 0 bridgehead atoms. The first-order chi connectivity index (χ1) is 15.0. The molecule has 0 radical (unpaired) electrons. The lowest BCUT2D eigenvalue weighted by Gasteiger charge is -2.23. The Hall–Kier alpha value is -3.00. The molecule has 31 heavy (non-hydrogen) atoms. The number of fused-ring (bicyclic) bond motifs is 1. The Kier molecular flexibility index (Phi) is 6.46. The number of hydrogen-bond acceptors (Lipinski definition) is 7. The van der Waals surface area contributed by atoms with Gasteiger partial charge in [0.1, 0.15) is 23.5 Å². The third kappa shape index (κ3) is 5.02. The second-order valence-electron chi connectivity index (χ2n) is 8.15. The molecule has 1 aromatic heterocycles.